The Bertz CT molecular complexity index is 8680. The third kappa shape index (κ3) is 16.0. The van der Waals surface area contributed by atoms with E-state index >= 15 is 0 Å². The standard InChI is InChI=1S/C32H24O2.C22H14F6.C22H8N4.C22H20O2.C18H8F4/c1-21-17-27-25-15-9-10-16-26(25)29-19-31(33-23-11-5-3-6-12-23)32(34-24-13-7-4-8-14-24)20-30(29)28(27)18-22(21)2;1-11-7-15-13-5-3-4-6-14(13)17-9-19(21(23,24)25)20(22(26,27)28)10-18(17)16(15)8-12(11)2;1-25-21-9-19-16-6-4-3-5-15(16)17-7-13(11-23)14(12-24)8-18(17)20(19)10-22(21)26-2;1-13-9-17-15-7-5-6-8-16(15)19-11-21(23-3)22(24-4)12-20(19)18(17)10-14(13)2;19-15-5-11-9-3-1-2-4-10(9)12-6-16(20)18(22)8-14(12)13(11)7-17(15)21/h3-20H,1-2H3;3-10H,1-2H3;3-10H;5-12H,1-4H3;1-8H. The number of benzene rings is 22. The predicted molar refractivity (Wildman–Crippen MR) is 521 cm³/mol. The first-order valence-corrected chi connectivity index (χ1v) is 42.5. The Hall–Kier alpha value is -16.8. The number of methoxy groups -OCH3 is 2. The fourth-order valence-electron chi connectivity index (χ4n) is 18.2. The van der Waals surface area contributed by atoms with Crippen molar-refractivity contribution in [1.82, 2.24) is 0 Å². The van der Waals surface area contributed by atoms with Crippen LogP contribution in [-0.4, -0.2) is 14.2 Å². The number of ether oxygens (including phenoxy) is 4. The highest BCUT2D eigenvalue weighted by molar-refractivity contribution is 6.31. The van der Waals surface area contributed by atoms with Crippen LogP contribution in [0.3, 0.4) is 0 Å². The van der Waals surface area contributed by atoms with Gasteiger partial charge in [-0.1, -0.05) is 206 Å². The molecule has 0 N–H and O–H groups in total. The SMILES string of the molecule is COc1cc2c3ccccc3c3cc(C)c(C)cc3c2cc1OC.Cc1cc2c3ccccc3c3cc(C(F)(F)F)c(C(F)(F)F)cc3c2cc1C.Cc1cc2c3ccccc3c3cc(Oc4ccccc4)c(Oc4ccccc4)cc3c2cc1C.Fc1cc2c3ccccc3c3cc(F)c(F)cc3c2cc1F.[C-]#[N+]c1cc2c3ccccc3c3cc(C#N)c(C#N)cc3c2cc1[N+]#[C-]. The molecular weight excluding hydrogens is 1700 g/mol. The van der Waals surface area contributed by atoms with Crippen molar-refractivity contribution < 1.29 is 62.9 Å². The number of rotatable bonds is 6. The Balaban J connectivity index is 0.000000113. The molecule has 0 radical (unpaired) electrons. The highest BCUT2D eigenvalue weighted by Crippen LogP contribution is 2.51. The molecule has 0 bridgehead atoms. The molecule has 0 aromatic heterocycles. The molecule has 0 saturated carbocycles. The minimum absolute atomic E-state index is 0.159. The van der Waals surface area contributed by atoms with E-state index in [1.165, 1.54) is 76.1 Å². The molecule has 0 atom stereocenters. The Morgan fingerprint density at radius 1 is 0.239 bits per heavy atom. The van der Waals surface area contributed by atoms with Crippen LogP contribution < -0.4 is 18.9 Å². The number of para-hydroxylation sites is 2. The van der Waals surface area contributed by atoms with Crippen LogP contribution in [0.25, 0.3) is 171 Å². The van der Waals surface area contributed by atoms with Crippen LogP contribution in [0.5, 0.6) is 34.5 Å². The Kier molecular flexibility index (Phi) is 23.1. The van der Waals surface area contributed by atoms with Gasteiger partial charge in [0.25, 0.3) is 0 Å². The van der Waals surface area contributed by atoms with Gasteiger partial charge in [-0.25, -0.2) is 17.6 Å². The maximum atomic E-state index is 13.6. The molecule has 0 aliphatic carbocycles. The summed E-state index contributed by atoms with van der Waals surface area (Å²) in [7, 11) is 3.36. The topological polar surface area (TPSA) is 93.2 Å². The number of fused-ring (bicyclic) bond motifs is 30. The van der Waals surface area contributed by atoms with Crippen molar-refractivity contribution in [2.24, 2.45) is 0 Å². The van der Waals surface area contributed by atoms with Crippen LogP contribution in [0.2, 0.25) is 0 Å². The molecule has 0 fully saturated rings. The van der Waals surface area contributed by atoms with Gasteiger partial charge in [0.2, 0.25) is 0 Å². The van der Waals surface area contributed by atoms with E-state index in [1.807, 2.05) is 105 Å². The zero-order valence-corrected chi connectivity index (χ0v) is 73.1. The molecule has 22 aromatic rings. The largest absolute Gasteiger partial charge is 0.493 e. The van der Waals surface area contributed by atoms with Crippen LogP contribution in [0.15, 0.2) is 303 Å². The summed E-state index contributed by atoms with van der Waals surface area (Å²) in [5.74, 6) is 0.474. The quantitative estimate of drug-likeness (QED) is 0.0935. The molecule has 0 amide bonds. The average Bonchev–Trinajstić information content (AvgIpc) is 0.726. The second-order valence-corrected chi connectivity index (χ2v) is 32.9. The van der Waals surface area contributed by atoms with Gasteiger partial charge in [-0.15, -0.1) is 0 Å². The zero-order valence-electron chi connectivity index (χ0n) is 73.1. The molecule has 0 spiro atoms. The van der Waals surface area contributed by atoms with Gasteiger partial charge in [0.05, 0.1) is 49.6 Å². The lowest BCUT2D eigenvalue weighted by atomic mass is 9.89. The lowest BCUT2D eigenvalue weighted by Crippen LogP contribution is -2.16. The van der Waals surface area contributed by atoms with Crippen LogP contribution in [0.1, 0.15) is 55.6 Å². The van der Waals surface area contributed by atoms with Gasteiger partial charge in [-0.3, -0.25) is 9.69 Å². The molecular formula is C116H74F10N4O4. The average molecular weight is 1780 g/mol. The highest BCUT2D eigenvalue weighted by Gasteiger charge is 2.44. The predicted octanol–water partition coefficient (Wildman–Crippen LogP) is 34.6. The van der Waals surface area contributed by atoms with Gasteiger partial charge < -0.3 is 18.9 Å². The molecule has 0 aliphatic heterocycles. The molecule has 652 valence electrons. The number of alkyl halides is 6. The van der Waals surface area contributed by atoms with Crippen molar-refractivity contribution in [1.29, 1.82) is 10.5 Å². The summed E-state index contributed by atoms with van der Waals surface area (Å²) in [6.07, 6.45) is -10.2. The molecule has 0 saturated heterocycles. The number of nitrogens with zero attached hydrogens (tertiary/aromatic N) is 4. The van der Waals surface area contributed by atoms with Crippen molar-refractivity contribution in [2.45, 2.75) is 53.9 Å². The van der Waals surface area contributed by atoms with Gasteiger partial charge in [0.15, 0.2) is 57.6 Å². The summed E-state index contributed by atoms with van der Waals surface area (Å²) in [6.45, 7) is 27.1. The van der Waals surface area contributed by atoms with Crippen LogP contribution >= 0.6 is 0 Å². The number of hydrogen-bond acceptors (Lipinski definition) is 6. The summed E-state index contributed by atoms with van der Waals surface area (Å²) in [5.41, 5.74) is 4.89. The first kappa shape index (κ1) is 87.9. The molecule has 22 aromatic carbocycles. The molecule has 0 aliphatic rings. The number of aryl methyl sites for hydroxylation is 6. The summed E-state index contributed by atoms with van der Waals surface area (Å²) < 4.78 is 159. The van der Waals surface area contributed by atoms with E-state index < -0.39 is 46.7 Å². The summed E-state index contributed by atoms with van der Waals surface area (Å²) >= 11 is 0. The number of nitriles is 2. The van der Waals surface area contributed by atoms with Crippen molar-refractivity contribution in [3.05, 3.63) is 405 Å². The van der Waals surface area contributed by atoms with E-state index in [4.69, 9.17) is 32.1 Å². The Morgan fingerprint density at radius 2 is 0.425 bits per heavy atom. The van der Waals surface area contributed by atoms with E-state index in [1.54, 1.807) is 93.1 Å². The molecule has 134 heavy (non-hydrogen) atoms. The van der Waals surface area contributed by atoms with Crippen LogP contribution in [0.4, 0.5) is 55.3 Å². The maximum Gasteiger partial charge on any atom is 0.417 e. The normalized spacial score (nSPS) is 11.5. The van der Waals surface area contributed by atoms with E-state index in [2.05, 4.69) is 147 Å². The van der Waals surface area contributed by atoms with E-state index in [0.29, 0.717) is 88.9 Å². The Morgan fingerprint density at radius 3 is 0.679 bits per heavy atom. The van der Waals surface area contributed by atoms with Gasteiger partial charge in [0.1, 0.15) is 23.6 Å². The molecule has 18 heteroatoms. The smallest absolute Gasteiger partial charge is 0.417 e. The fraction of sp³-hybridized carbons (Fsp3) is 0.0862. The fourth-order valence-corrected chi connectivity index (χ4v) is 18.2. The first-order valence-electron chi connectivity index (χ1n) is 42.5. The molecule has 22 rings (SSSR count). The summed E-state index contributed by atoms with van der Waals surface area (Å²) in [6, 6.07) is 96.3. The van der Waals surface area contributed by atoms with Crippen LogP contribution in [0, 0.1) is 101 Å². The lowest BCUT2D eigenvalue weighted by Gasteiger charge is -2.19. The monoisotopic (exact) mass is 1780 g/mol. The summed E-state index contributed by atoms with van der Waals surface area (Å²) in [4.78, 5) is 6.95. The second-order valence-electron chi connectivity index (χ2n) is 32.9. The maximum absolute atomic E-state index is 13.6. The second kappa shape index (κ2) is 35.2. The van der Waals surface area contributed by atoms with Gasteiger partial charge >= 0.3 is 12.4 Å². The third-order valence-corrected chi connectivity index (χ3v) is 25.1. The van der Waals surface area contributed by atoms with Crippen molar-refractivity contribution in [3.63, 3.8) is 0 Å². The van der Waals surface area contributed by atoms with Gasteiger partial charge in [-0.2, -0.15) is 36.9 Å². The van der Waals surface area contributed by atoms with Crippen molar-refractivity contribution in [2.75, 3.05) is 14.2 Å². The van der Waals surface area contributed by atoms with Crippen LogP contribution in [-0.2, 0) is 12.4 Å². The number of halogens is 10. The van der Waals surface area contributed by atoms with E-state index in [0.717, 1.165) is 107 Å². The van der Waals surface area contributed by atoms with Crippen molar-refractivity contribution >= 4 is 173 Å². The van der Waals surface area contributed by atoms with Gasteiger partial charge in [-0.05, 0) is 334 Å². The van der Waals surface area contributed by atoms with E-state index in [9.17, 15) is 54.4 Å². The number of hydrogen-bond donors (Lipinski definition) is 0. The van der Waals surface area contributed by atoms with Gasteiger partial charge in [0, 0.05) is 0 Å². The van der Waals surface area contributed by atoms with E-state index in [-0.39, 0.29) is 16.5 Å². The highest BCUT2D eigenvalue weighted by atomic mass is 19.4. The molecule has 0 heterocycles. The minimum atomic E-state index is -5.11. The Labute approximate surface area is 761 Å². The molecule has 8 nitrogen and oxygen atoms in total. The first-order chi connectivity index (χ1) is 64.6. The zero-order chi connectivity index (χ0) is 94.0. The minimum Gasteiger partial charge on any atom is -0.493 e. The molecule has 0 unspecified atom stereocenters. The summed E-state index contributed by atoms with van der Waals surface area (Å²) in [5, 5.41) is 44.4. The van der Waals surface area contributed by atoms with Crippen molar-refractivity contribution in [3.8, 4) is 46.6 Å². The third-order valence-electron chi connectivity index (χ3n) is 25.1. The lowest BCUT2D eigenvalue weighted by molar-refractivity contribution is -0.161.